The number of rotatable bonds is 4. The summed E-state index contributed by atoms with van der Waals surface area (Å²) in [4.78, 5) is 0. The van der Waals surface area contributed by atoms with Crippen molar-refractivity contribution < 1.29 is 10.2 Å². The quantitative estimate of drug-likeness (QED) is 0.794. The summed E-state index contributed by atoms with van der Waals surface area (Å²) in [6, 6.07) is 4.88. The standard InChI is InChI=1S/C13H20O2/c1-4-8-13(3,5-2)11-7-6-10(14)9-12(11)15/h6-7,9,14-15H,4-5,8H2,1-3H3. The first-order valence-corrected chi connectivity index (χ1v) is 5.56. The second-order valence-electron chi connectivity index (χ2n) is 4.37. The monoisotopic (exact) mass is 208 g/mol. The molecule has 0 aliphatic carbocycles. The fraction of sp³-hybridized carbons (Fsp3) is 0.538. The third kappa shape index (κ3) is 2.44. The average Bonchev–Trinajstić information content (AvgIpc) is 2.17. The van der Waals surface area contributed by atoms with Crippen LogP contribution in [0.1, 0.15) is 45.6 Å². The van der Waals surface area contributed by atoms with Crippen LogP contribution in [0.4, 0.5) is 0 Å². The summed E-state index contributed by atoms with van der Waals surface area (Å²) in [7, 11) is 0. The lowest BCUT2D eigenvalue weighted by Crippen LogP contribution is -2.20. The first-order valence-electron chi connectivity index (χ1n) is 5.56. The van der Waals surface area contributed by atoms with Crippen molar-refractivity contribution in [3.63, 3.8) is 0 Å². The second-order valence-corrected chi connectivity index (χ2v) is 4.37. The van der Waals surface area contributed by atoms with Crippen LogP contribution in [0.3, 0.4) is 0 Å². The predicted molar refractivity (Wildman–Crippen MR) is 62.3 cm³/mol. The third-order valence-electron chi connectivity index (χ3n) is 3.21. The number of hydrogen-bond donors (Lipinski definition) is 2. The number of phenolic OH excluding ortho intramolecular Hbond substituents is 2. The molecule has 2 nitrogen and oxygen atoms in total. The molecule has 0 heterocycles. The molecule has 2 N–H and O–H groups in total. The van der Waals surface area contributed by atoms with E-state index in [4.69, 9.17) is 0 Å². The smallest absolute Gasteiger partial charge is 0.123 e. The highest BCUT2D eigenvalue weighted by molar-refractivity contribution is 5.43. The van der Waals surface area contributed by atoms with Crippen molar-refractivity contribution in [1.29, 1.82) is 0 Å². The number of benzene rings is 1. The summed E-state index contributed by atoms with van der Waals surface area (Å²) in [6.45, 7) is 6.43. The van der Waals surface area contributed by atoms with Crippen LogP contribution in [0.15, 0.2) is 18.2 Å². The van der Waals surface area contributed by atoms with Gasteiger partial charge in [-0.05, 0) is 24.3 Å². The molecule has 84 valence electrons. The van der Waals surface area contributed by atoms with Gasteiger partial charge in [-0.2, -0.15) is 0 Å². The van der Waals surface area contributed by atoms with Gasteiger partial charge >= 0.3 is 0 Å². The van der Waals surface area contributed by atoms with E-state index in [-0.39, 0.29) is 16.9 Å². The molecule has 0 radical (unpaired) electrons. The minimum absolute atomic E-state index is 0.00648. The van der Waals surface area contributed by atoms with Gasteiger partial charge in [0.05, 0.1) is 0 Å². The zero-order valence-corrected chi connectivity index (χ0v) is 9.75. The molecule has 0 aliphatic rings. The largest absolute Gasteiger partial charge is 0.508 e. The topological polar surface area (TPSA) is 40.5 Å². The van der Waals surface area contributed by atoms with E-state index in [9.17, 15) is 10.2 Å². The highest BCUT2D eigenvalue weighted by Crippen LogP contribution is 2.38. The molecule has 0 aliphatic heterocycles. The maximum atomic E-state index is 9.82. The van der Waals surface area contributed by atoms with Gasteiger partial charge in [0.25, 0.3) is 0 Å². The molecule has 1 aromatic rings. The normalized spacial score (nSPS) is 14.9. The van der Waals surface area contributed by atoms with Crippen molar-refractivity contribution >= 4 is 0 Å². The fourth-order valence-electron chi connectivity index (χ4n) is 2.08. The molecule has 1 aromatic carbocycles. The van der Waals surface area contributed by atoms with Crippen molar-refractivity contribution in [2.24, 2.45) is 0 Å². The lowest BCUT2D eigenvalue weighted by atomic mass is 9.76. The predicted octanol–water partition coefficient (Wildman–Crippen LogP) is 3.57. The van der Waals surface area contributed by atoms with Crippen molar-refractivity contribution in [2.75, 3.05) is 0 Å². The Morgan fingerprint density at radius 2 is 1.87 bits per heavy atom. The van der Waals surface area contributed by atoms with Crippen molar-refractivity contribution in [2.45, 2.75) is 45.4 Å². The Morgan fingerprint density at radius 3 is 2.33 bits per heavy atom. The second kappa shape index (κ2) is 4.56. The molecule has 2 heteroatoms. The van der Waals surface area contributed by atoms with E-state index in [0.29, 0.717) is 0 Å². The number of hydrogen-bond acceptors (Lipinski definition) is 2. The molecule has 15 heavy (non-hydrogen) atoms. The van der Waals surface area contributed by atoms with E-state index < -0.39 is 0 Å². The Hall–Kier alpha value is -1.18. The molecule has 0 spiro atoms. The highest BCUT2D eigenvalue weighted by atomic mass is 16.3. The highest BCUT2D eigenvalue weighted by Gasteiger charge is 2.26. The molecule has 1 unspecified atom stereocenters. The van der Waals surface area contributed by atoms with Crippen LogP contribution < -0.4 is 0 Å². The van der Waals surface area contributed by atoms with Gasteiger partial charge in [-0.15, -0.1) is 0 Å². The molecule has 1 rings (SSSR count). The molecule has 0 saturated carbocycles. The van der Waals surface area contributed by atoms with Crippen LogP contribution >= 0.6 is 0 Å². The van der Waals surface area contributed by atoms with Gasteiger partial charge < -0.3 is 10.2 Å². The van der Waals surface area contributed by atoms with Gasteiger partial charge in [-0.3, -0.25) is 0 Å². The van der Waals surface area contributed by atoms with E-state index in [1.165, 1.54) is 6.07 Å². The summed E-state index contributed by atoms with van der Waals surface area (Å²) in [5.74, 6) is 0.319. The first-order chi connectivity index (χ1) is 7.03. The summed E-state index contributed by atoms with van der Waals surface area (Å²) >= 11 is 0. The fourth-order valence-corrected chi connectivity index (χ4v) is 2.08. The van der Waals surface area contributed by atoms with Gasteiger partial charge in [0, 0.05) is 11.6 Å². The Bertz CT molecular complexity index is 333. The zero-order valence-electron chi connectivity index (χ0n) is 9.75. The van der Waals surface area contributed by atoms with E-state index in [0.717, 1.165) is 24.8 Å². The maximum Gasteiger partial charge on any atom is 0.123 e. The van der Waals surface area contributed by atoms with Crippen LogP contribution in [0.5, 0.6) is 11.5 Å². The molecule has 1 atom stereocenters. The minimum Gasteiger partial charge on any atom is -0.508 e. The third-order valence-corrected chi connectivity index (χ3v) is 3.21. The average molecular weight is 208 g/mol. The van der Waals surface area contributed by atoms with Crippen LogP contribution in [0.2, 0.25) is 0 Å². The minimum atomic E-state index is 0.00648. The van der Waals surface area contributed by atoms with Crippen molar-refractivity contribution in [3.8, 4) is 11.5 Å². The van der Waals surface area contributed by atoms with Crippen molar-refractivity contribution in [3.05, 3.63) is 23.8 Å². The SMILES string of the molecule is CCCC(C)(CC)c1ccc(O)cc1O. The van der Waals surface area contributed by atoms with E-state index >= 15 is 0 Å². The van der Waals surface area contributed by atoms with Gasteiger partial charge in [-0.1, -0.05) is 33.3 Å². The molecular formula is C13H20O2. The van der Waals surface area contributed by atoms with Gasteiger partial charge in [0.1, 0.15) is 11.5 Å². The van der Waals surface area contributed by atoms with Crippen LogP contribution in [0.25, 0.3) is 0 Å². The summed E-state index contributed by atoms with van der Waals surface area (Å²) in [6.07, 6.45) is 3.12. The summed E-state index contributed by atoms with van der Waals surface area (Å²) < 4.78 is 0. The van der Waals surface area contributed by atoms with Crippen LogP contribution in [0, 0.1) is 0 Å². The van der Waals surface area contributed by atoms with Crippen LogP contribution in [-0.2, 0) is 5.41 Å². The number of aromatic hydroxyl groups is 2. The molecule has 0 fully saturated rings. The number of phenols is 2. The summed E-state index contributed by atoms with van der Waals surface area (Å²) in [5.41, 5.74) is 0.941. The summed E-state index contributed by atoms with van der Waals surface area (Å²) in [5, 5.41) is 19.1. The molecule has 0 saturated heterocycles. The Labute approximate surface area is 91.6 Å². The zero-order chi connectivity index (χ0) is 11.5. The maximum absolute atomic E-state index is 9.82. The Morgan fingerprint density at radius 1 is 1.20 bits per heavy atom. The van der Waals surface area contributed by atoms with Gasteiger partial charge in [-0.25, -0.2) is 0 Å². The van der Waals surface area contributed by atoms with Crippen molar-refractivity contribution in [1.82, 2.24) is 0 Å². The molecule has 0 bridgehead atoms. The van der Waals surface area contributed by atoms with Crippen LogP contribution in [-0.4, -0.2) is 10.2 Å². The molecular weight excluding hydrogens is 188 g/mol. The molecule has 0 amide bonds. The molecule has 0 aromatic heterocycles. The van der Waals surface area contributed by atoms with E-state index in [1.807, 2.05) is 6.07 Å². The lowest BCUT2D eigenvalue weighted by molar-refractivity contribution is 0.379. The van der Waals surface area contributed by atoms with Gasteiger partial charge in [0.15, 0.2) is 0 Å². The first kappa shape index (κ1) is 11.9. The lowest BCUT2D eigenvalue weighted by Gasteiger charge is -2.29. The van der Waals surface area contributed by atoms with E-state index in [1.54, 1.807) is 6.07 Å². The van der Waals surface area contributed by atoms with E-state index in [2.05, 4.69) is 20.8 Å². The Balaban J connectivity index is 3.12. The van der Waals surface area contributed by atoms with Gasteiger partial charge in [0.2, 0.25) is 0 Å². The Kier molecular flexibility index (Phi) is 3.61.